The molecule has 1 aromatic carbocycles. The number of halogens is 6. The van der Waals surface area contributed by atoms with E-state index < -0.39 is 41.0 Å². The molecule has 1 atom stereocenters. The molecular formula is C22H17F6N7O. The third-order valence-electron chi connectivity index (χ3n) is 5.57. The summed E-state index contributed by atoms with van der Waals surface area (Å²) >= 11 is 0. The summed E-state index contributed by atoms with van der Waals surface area (Å²) in [6.07, 6.45) is -4.83. The van der Waals surface area contributed by atoms with Gasteiger partial charge in [0.25, 0.3) is 11.9 Å². The van der Waals surface area contributed by atoms with Crippen LogP contribution in [-0.4, -0.2) is 42.1 Å². The van der Waals surface area contributed by atoms with Gasteiger partial charge in [-0.05, 0) is 43.9 Å². The van der Waals surface area contributed by atoms with E-state index in [0.717, 1.165) is 12.8 Å². The molecule has 1 unspecified atom stereocenters. The second-order valence-electron chi connectivity index (χ2n) is 8.30. The lowest BCUT2D eigenvalue weighted by molar-refractivity contribution is -0.143. The Morgan fingerprint density at radius 2 is 1.67 bits per heavy atom. The Balaban J connectivity index is 1.68. The van der Waals surface area contributed by atoms with Crippen molar-refractivity contribution in [3.8, 4) is 12.0 Å². The monoisotopic (exact) mass is 509 g/mol. The van der Waals surface area contributed by atoms with E-state index in [1.165, 1.54) is 35.2 Å². The lowest BCUT2D eigenvalue weighted by atomic mass is 10.0. The Kier molecular flexibility index (Phi) is 6.42. The highest BCUT2D eigenvalue weighted by Gasteiger charge is 2.39. The summed E-state index contributed by atoms with van der Waals surface area (Å²) in [4.78, 5) is 26.6. The number of carbonyl (C=O) groups is 1. The first-order valence-corrected chi connectivity index (χ1v) is 10.6. The average Bonchev–Trinajstić information content (AvgIpc) is 3.52. The summed E-state index contributed by atoms with van der Waals surface area (Å²) in [5.74, 6) is -0.780. The summed E-state index contributed by atoms with van der Waals surface area (Å²) in [6, 6.07) is 1.79. The van der Waals surface area contributed by atoms with Crippen molar-refractivity contribution < 1.29 is 31.1 Å². The van der Waals surface area contributed by atoms with Crippen LogP contribution in [0.1, 0.15) is 58.7 Å². The number of nitrogens with zero attached hydrogens (tertiary/aromatic N) is 7. The third-order valence-corrected chi connectivity index (χ3v) is 5.57. The fraction of sp³-hybridized carbons (Fsp3) is 0.364. The van der Waals surface area contributed by atoms with Crippen molar-refractivity contribution in [2.75, 3.05) is 6.54 Å². The molecular weight excluding hydrogens is 492 g/mol. The first kappa shape index (κ1) is 25.1. The van der Waals surface area contributed by atoms with Gasteiger partial charge in [-0.2, -0.15) is 36.3 Å². The van der Waals surface area contributed by atoms with Crippen LogP contribution in [0.25, 0.3) is 5.95 Å². The van der Waals surface area contributed by atoms with Crippen molar-refractivity contribution in [3.63, 3.8) is 0 Å². The number of rotatable bonds is 6. The van der Waals surface area contributed by atoms with E-state index >= 15 is 0 Å². The van der Waals surface area contributed by atoms with Crippen LogP contribution in [0.2, 0.25) is 0 Å². The first-order valence-electron chi connectivity index (χ1n) is 10.6. The van der Waals surface area contributed by atoms with Gasteiger partial charge in [0.15, 0.2) is 5.82 Å². The second kappa shape index (κ2) is 9.21. The molecule has 2 heterocycles. The van der Waals surface area contributed by atoms with E-state index in [0.29, 0.717) is 12.1 Å². The number of hydrogen-bond acceptors (Lipinski definition) is 6. The number of benzene rings is 1. The van der Waals surface area contributed by atoms with E-state index in [2.05, 4.69) is 20.1 Å². The van der Waals surface area contributed by atoms with Gasteiger partial charge in [0, 0.05) is 12.1 Å². The first-order chi connectivity index (χ1) is 16.9. The largest absolute Gasteiger partial charge is 0.416 e. The Hall–Kier alpha value is -4.02. The van der Waals surface area contributed by atoms with Crippen LogP contribution >= 0.6 is 0 Å². The summed E-state index contributed by atoms with van der Waals surface area (Å²) in [7, 11) is 0. The summed E-state index contributed by atoms with van der Waals surface area (Å²) in [5, 5.41) is 13.1. The van der Waals surface area contributed by atoms with Crippen molar-refractivity contribution >= 4 is 5.91 Å². The van der Waals surface area contributed by atoms with Gasteiger partial charge in [0.05, 0.1) is 35.1 Å². The fourth-order valence-corrected chi connectivity index (χ4v) is 3.44. The highest BCUT2D eigenvalue weighted by Crippen LogP contribution is 2.38. The Morgan fingerprint density at radius 3 is 2.17 bits per heavy atom. The molecule has 0 bridgehead atoms. The topological polar surface area (TPSA) is 101 Å². The highest BCUT2D eigenvalue weighted by atomic mass is 19.4. The van der Waals surface area contributed by atoms with Crippen molar-refractivity contribution in [1.29, 1.82) is 5.26 Å². The smallest absolute Gasteiger partial charge is 0.328 e. The maximum absolute atomic E-state index is 13.3. The molecule has 4 rings (SSSR count). The van der Waals surface area contributed by atoms with Crippen LogP contribution in [0.5, 0.6) is 0 Å². The van der Waals surface area contributed by atoms with E-state index in [9.17, 15) is 31.1 Å². The van der Waals surface area contributed by atoms with Gasteiger partial charge >= 0.3 is 12.4 Å². The number of alkyl halides is 6. The molecule has 2 aromatic heterocycles. The molecule has 0 aliphatic heterocycles. The molecule has 1 saturated carbocycles. The molecule has 36 heavy (non-hydrogen) atoms. The van der Waals surface area contributed by atoms with Gasteiger partial charge < -0.3 is 4.90 Å². The minimum Gasteiger partial charge on any atom is -0.328 e. The Bertz CT molecular complexity index is 1270. The molecule has 8 nitrogen and oxygen atoms in total. The molecule has 1 fully saturated rings. The van der Waals surface area contributed by atoms with Gasteiger partial charge in [-0.25, -0.2) is 15.0 Å². The number of carbonyl (C=O) groups excluding carboxylic acids is 1. The summed E-state index contributed by atoms with van der Waals surface area (Å²) < 4.78 is 81.0. The van der Waals surface area contributed by atoms with Crippen LogP contribution in [0, 0.1) is 17.2 Å². The Labute approximate surface area is 200 Å². The van der Waals surface area contributed by atoms with Crippen LogP contribution in [0.15, 0.2) is 36.9 Å². The molecule has 1 aliphatic carbocycles. The van der Waals surface area contributed by atoms with Crippen molar-refractivity contribution in [2.24, 2.45) is 5.92 Å². The van der Waals surface area contributed by atoms with Crippen LogP contribution in [0.4, 0.5) is 26.3 Å². The maximum Gasteiger partial charge on any atom is 0.416 e. The fourth-order valence-electron chi connectivity index (χ4n) is 3.44. The number of amides is 1. The van der Waals surface area contributed by atoms with Gasteiger partial charge in [0.2, 0.25) is 0 Å². The van der Waals surface area contributed by atoms with Crippen molar-refractivity contribution in [3.05, 3.63) is 65.0 Å². The summed E-state index contributed by atoms with van der Waals surface area (Å²) in [6.45, 7) is 1.64. The quantitative estimate of drug-likeness (QED) is 0.451. The van der Waals surface area contributed by atoms with Crippen LogP contribution < -0.4 is 0 Å². The standard InChI is InChI=1S/C22H17F6N7O/c1-12(18-32-11-35(33-18)20-30-8-14(7-29)9-31-20)34(10-13-2-3-13)19(36)15-4-16(21(23,24)25)6-17(5-15)22(26,27)28/h4-6,8-9,11-13H,2-3,10H2,1H3. The minimum absolute atomic E-state index is 0.0216. The van der Waals surface area contributed by atoms with Crippen molar-refractivity contribution in [1.82, 2.24) is 29.6 Å². The van der Waals surface area contributed by atoms with E-state index in [1.54, 1.807) is 0 Å². The molecule has 0 N–H and O–H groups in total. The zero-order valence-electron chi connectivity index (χ0n) is 18.5. The van der Waals surface area contributed by atoms with Gasteiger partial charge in [-0.3, -0.25) is 4.79 Å². The predicted molar refractivity (Wildman–Crippen MR) is 110 cm³/mol. The van der Waals surface area contributed by atoms with Crippen molar-refractivity contribution in [2.45, 2.75) is 38.2 Å². The van der Waals surface area contributed by atoms with E-state index in [-0.39, 0.29) is 35.9 Å². The highest BCUT2D eigenvalue weighted by molar-refractivity contribution is 5.95. The Morgan fingerprint density at radius 1 is 1.08 bits per heavy atom. The lowest BCUT2D eigenvalue weighted by Crippen LogP contribution is -2.36. The van der Waals surface area contributed by atoms with Crippen LogP contribution in [0.3, 0.4) is 0 Å². The normalized spacial score (nSPS) is 14.8. The molecule has 0 saturated heterocycles. The lowest BCUT2D eigenvalue weighted by Gasteiger charge is -2.28. The third kappa shape index (κ3) is 5.45. The second-order valence-corrected chi connectivity index (χ2v) is 8.30. The molecule has 1 aliphatic rings. The number of aromatic nitrogens is 5. The van der Waals surface area contributed by atoms with Gasteiger partial charge in [-0.1, -0.05) is 0 Å². The van der Waals surface area contributed by atoms with Gasteiger partial charge in [-0.15, -0.1) is 5.10 Å². The zero-order chi connectivity index (χ0) is 26.3. The number of nitriles is 1. The zero-order valence-corrected chi connectivity index (χ0v) is 18.5. The van der Waals surface area contributed by atoms with E-state index in [4.69, 9.17) is 5.26 Å². The predicted octanol–water partition coefficient (Wildman–Crippen LogP) is 4.58. The van der Waals surface area contributed by atoms with E-state index in [1.807, 2.05) is 6.07 Å². The average molecular weight is 509 g/mol. The molecule has 188 valence electrons. The SMILES string of the molecule is CC(c1ncn(-c2ncc(C#N)cn2)n1)N(CC1CC1)C(=O)c1cc(C(F)(F)F)cc(C(F)(F)F)c1. The molecule has 0 spiro atoms. The molecule has 3 aromatic rings. The maximum atomic E-state index is 13.3. The molecule has 1 amide bonds. The number of hydrogen-bond donors (Lipinski definition) is 0. The minimum atomic E-state index is -5.08. The van der Waals surface area contributed by atoms with Crippen LogP contribution in [-0.2, 0) is 12.4 Å². The van der Waals surface area contributed by atoms with Gasteiger partial charge in [0.1, 0.15) is 12.4 Å². The molecule has 14 heteroatoms. The summed E-state index contributed by atoms with van der Waals surface area (Å²) in [5.41, 5.74) is -3.66. The molecule has 0 radical (unpaired) electrons.